The van der Waals surface area contributed by atoms with Gasteiger partial charge in [-0.05, 0) is 100 Å². The fraction of sp³-hybridized carbons (Fsp3) is 0.889. The molecular formula is C27H45O9P. The Balaban J connectivity index is 1.61. The Hall–Kier alpha value is -0.640. The summed E-state index contributed by atoms with van der Waals surface area (Å²) in [7, 11) is -4.82. The molecule has 212 valence electrons. The van der Waals surface area contributed by atoms with Gasteiger partial charge in [-0.3, -0.25) is 9.32 Å². The van der Waals surface area contributed by atoms with Gasteiger partial charge in [-0.1, -0.05) is 20.8 Å². The van der Waals surface area contributed by atoms with Crippen molar-refractivity contribution in [1.82, 2.24) is 0 Å². The van der Waals surface area contributed by atoms with E-state index in [9.17, 15) is 39.6 Å². The summed E-state index contributed by atoms with van der Waals surface area (Å²) in [5.74, 6) is -0.959. The Kier molecular flexibility index (Phi) is 7.52. The average Bonchev–Trinajstić information content (AvgIpc) is 3.03. The fourth-order valence-corrected chi connectivity index (χ4v) is 9.14. The van der Waals surface area contributed by atoms with Gasteiger partial charge in [-0.2, -0.15) is 0 Å². The number of hydrogen-bond donors (Lipinski definition) is 6. The van der Waals surface area contributed by atoms with Gasteiger partial charge in [-0.15, -0.1) is 0 Å². The molecule has 0 saturated heterocycles. The van der Waals surface area contributed by atoms with Crippen molar-refractivity contribution in [3.63, 3.8) is 0 Å². The maximum atomic E-state index is 13.5. The normalized spacial score (nSPS) is 43.9. The number of phosphoric acid groups is 1. The van der Waals surface area contributed by atoms with E-state index in [0.717, 1.165) is 0 Å². The third kappa shape index (κ3) is 5.04. The number of allylic oxidation sites excluding steroid dienone is 1. The summed E-state index contributed by atoms with van der Waals surface area (Å²) >= 11 is 0. The van der Waals surface area contributed by atoms with Crippen molar-refractivity contribution in [2.24, 2.45) is 34.5 Å². The van der Waals surface area contributed by atoms with Crippen LogP contribution in [0.1, 0.15) is 86.0 Å². The predicted octanol–water partition coefficient (Wildman–Crippen LogP) is 2.86. The number of phosphoric ester groups is 1. The molecule has 0 spiro atoms. The van der Waals surface area contributed by atoms with E-state index in [1.165, 1.54) is 0 Å². The molecule has 4 rings (SSSR count). The maximum absolute atomic E-state index is 13.5. The van der Waals surface area contributed by atoms with Gasteiger partial charge in [0.25, 0.3) is 0 Å². The summed E-state index contributed by atoms with van der Waals surface area (Å²) in [6.07, 6.45) is 2.42. The lowest BCUT2D eigenvalue weighted by molar-refractivity contribution is -0.153. The molecule has 0 bridgehead atoms. The van der Waals surface area contributed by atoms with Gasteiger partial charge < -0.3 is 30.2 Å². The Morgan fingerprint density at radius 1 is 1.19 bits per heavy atom. The molecule has 3 fully saturated rings. The molecule has 0 aromatic rings. The van der Waals surface area contributed by atoms with Gasteiger partial charge in [0.15, 0.2) is 5.78 Å². The average molecular weight is 545 g/mol. The first-order chi connectivity index (χ1) is 16.8. The molecule has 4 aliphatic rings. The highest BCUT2D eigenvalue weighted by Gasteiger charge is 2.67. The van der Waals surface area contributed by atoms with E-state index in [1.807, 2.05) is 13.8 Å². The second kappa shape index (κ2) is 9.48. The maximum Gasteiger partial charge on any atom is 0.469 e. The van der Waals surface area contributed by atoms with E-state index in [-0.39, 0.29) is 36.4 Å². The molecule has 0 aliphatic heterocycles. The van der Waals surface area contributed by atoms with E-state index >= 15 is 0 Å². The number of carbonyl (C=O) groups is 1. The lowest BCUT2D eigenvalue weighted by Crippen LogP contribution is -2.61. The molecule has 0 aromatic heterocycles. The SMILES string of the molecule is C[C@H](C(O)CCC(C)(C)O)[C@H]1CC[C@@]2(O)C3=CC(=O)[C@@H]4C[C@@H](OP(=O)(O)O)[C@@H](O)C[C@]4(C)[C@H]3CC[C@]12C. The highest BCUT2D eigenvalue weighted by molar-refractivity contribution is 7.46. The number of aliphatic hydroxyl groups is 4. The van der Waals surface area contributed by atoms with Gasteiger partial charge >= 0.3 is 7.82 Å². The highest BCUT2D eigenvalue weighted by atomic mass is 31.2. The number of fused-ring (bicyclic) bond motifs is 5. The van der Waals surface area contributed by atoms with E-state index in [2.05, 4.69) is 6.92 Å². The van der Waals surface area contributed by atoms with Crippen LogP contribution in [0, 0.1) is 34.5 Å². The van der Waals surface area contributed by atoms with E-state index in [0.29, 0.717) is 44.1 Å². The molecule has 3 saturated carbocycles. The zero-order valence-electron chi connectivity index (χ0n) is 22.6. The van der Waals surface area contributed by atoms with E-state index in [4.69, 9.17) is 4.52 Å². The molecule has 37 heavy (non-hydrogen) atoms. The van der Waals surface area contributed by atoms with E-state index in [1.54, 1.807) is 19.9 Å². The molecule has 9 nitrogen and oxygen atoms in total. The topological polar surface area (TPSA) is 165 Å². The highest BCUT2D eigenvalue weighted by Crippen LogP contribution is 2.68. The van der Waals surface area contributed by atoms with Crippen LogP contribution in [-0.4, -0.2) is 65.5 Å². The minimum absolute atomic E-state index is 0.0185. The van der Waals surface area contributed by atoms with Crippen LogP contribution in [0.3, 0.4) is 0 Å². The molecule has 4 aliphatic carbocycles. The Labute approximate surface area is 219 Å². The molecule has 0 aromatic carbocycles. The van der Waals surface area contributed by atoms with Crippen LogP contribution in [-0.2, 0) is 13.9 Å². The van der Waals surface area contributed by atoms with Crippen LogP contribution in [0.2, 0.25) is 0 Å². The zero-order valence-corrected chi connectivity index (χ0v) is 23.5. The molecular weight excluding hydrogens is 499 g/mol. The number of aliphatic hydroxyl groups excluding tert-OH is 2. The van der Waals surface area contributed by atoms with Gasteiger partial charge in [0.05, 0.1) is 29.5 Å². The minimum Gasteiger partial charge on any atom is -0.393 e. The Bertz CT molecular complexity index is 985. The van der Waals surface area contributed by atoms with Gasteiger partial charge in [0.2, 0.25) is 0 Å². The Morgan fingerprint density at radius 2 is 1.84 bits per heavy atom. The summed E-state index contributed by atoms with van der Waals surface area (Å²) in [5, 5.41) is 44.2. The van der Waals surface area contributed by atoms with Crippen molar-refractivity contribution in [2.75, 3.05) is 0 Å². The largest absolute Gasteiger partial charge is 0.469 e. The predicted molar refractivity (Wildman–Crippen MR) is 136 cm³/mol. The molecule has 1 unspecified atom stereocenters. The summed E-state index contributed by atoms with van der Waals surface area (Å²) in [5.41, 5.74) is -2.56. The molecule has 0 heterocycles. The first kappa shape index (κ1) is 29.3. The zero-order chi connectivity index (χ0) is 27.8. The van der Waals surface area contributed by atoms with Crippen LogP contribution < -0.4 is 0 Å². The first-order valence-corrected chi connectivity index (χ1v) is 15.2. The van der Waals surface area contributed by atoms with Crippen LogP contribution in [0.5, 0.6) is 0 Å². The van der Waals surface area contributed by atoms with Gasteiger partial charge in [-0.25, -0.2) is 4.57 Å². The number of carbonyl (C=O) groups excluding carboxylic acids is 1. The Morgan fingerprint density at radius 3 is 2.43 bits per heavy atom. The molecule has 0 amide bonds. The minimum atomic E-state index is -4.82. The summed E-state index contributed by atoms with van der Waals surface area (Å²) in [6, 6.07) is 0. The van der Waals surface area contributed by atoms with Crippen LogP contribution >= 0.6 is 7.82 Å². The second-order valence-electron chi connectivity index (χ2n) is 13.5. The summed E-state index contributed by atoms with van der Waals surface area (Å²) in [4.78, 5) is 32.0. The third-order valence-electron chi connectivity index (χ3n) is 10.7. The number of rotatable bonds is 7. The molecule has 0 radical (unpaired) electrons. The van der Waals surface area contributed by atoms with Crippen LogP contribution in [0.4, 0.5) is 0 Å². The summed E-state index contributed by atoms with van der Waals surface area (Å²) in [6.45, 7) is 9.49. The van der Waals surface area contributed by atoms with Crippen molar-refractivity contribution in [2.45, 2.75) is 115 Å². The van der Waals surface area contributed by atoms with Crippen molar-refractivity contribution >= 4 is 13.6 Å². The smallest absolute Gasteiger partial charge is 0.393 e. The van der Waals surface area contributed by atoms with Crippen molar-refractivity contribution < 1.29 is 44.1 Å². The van der Waals surface area contributed by atoms with Crippen molar-refractivity contribution in [3.8, 4) is 0 Å². The van der Waals surface area contributed by atoms with Crippen LogP contribution in [0.15, 0.2) is 11.6 Å². The van der Waals surface area contributed by atoms with Crippen molar-refractivity contribution in [3.05, 3.63) is 11.6 Å². The quantitative estimate of drug-likeness (QED) is 0.264. The standard InChI is InChI=1S/C27H45O9P/c1-15(20(28)8-9-24(2,3)31)16-7-11-27(32)18-12-21(29)19-13-23(36-37(33,34)35)22(30)14-25(19,4)17(18)6-10-26(16,27)5/h12,15-17,19-20,22-23,28,30-32H,6-11,13-14H2,1-5H3,(H2,33,34,35)/t15-,16+,17-,19-,20?,22-,23+,25+,26+,27+/m0/s1. The second-order valence-corrected chi connectivity index (χ2v) is 14.7. The lowest BCUT2D eigenvalue weighted by atomic mass is 9.46. The number of ketones is 1. The van der Waals surface area contributed by atoms with Gasteiger partial charge in [0, 0.05) is 11.3 Å². The lowest BCUT2D eigenvalue weighted by Gasteiger charge is -2.60. The van der Waals surface area contributed by atoms with Crippen LogP contribution in [0.25, 0.3) is 0 Å². The summed E-state index contributed by atoms with van der Waals surface area (Å²) < 4.78 is 16.3. The molecule has 10 atom stereocenters. The van der Waals surface area contributed by atoms with E-state index < -0.39 is 54.1 Å². The first-order valence-electron chi connectivity index (χ1n) is 13.6. The fourth-order valence-electron chi connectivity index (χ4n) is 8.56. The number of hydrogen-bond acceptors (Lipinski definition) is 7. The third-order valence-corrected chi connectivity index (χ3v) is 11.3. The van der Waals surface area contributed by atoms with Crippen molar-refractivity contribution in [1.29, 1.82) is 0 Å². The monoisotopic (exact) mass is 544 g/mol. The molecule has 10 heteroatoms. The van der Waals surface area contributed by atoms with Gasteiger partial charge in [0.1, 0.15) is 0 Å². The molecule has 6 N–H and O–H groups in total.